The molecule has 0 aromatic carbocycles. The summed E-state index contributed by atoms with van der Waals surface area (Å²) in [6.07, 6.45) is -0.161. The fourth-order valence-corrected chi connectivity index (χ4v) is 3.91. The number of nitrogens with one attached hydrogen (secondary N) is 2. The molecular formula is C22H27F3N8OS. The number of aromatic nitrogens is 5. The lowest BCUT2D eigenvalue weighted by Crippen LogP contribution is -2.49. The number of nitrogens with zero attached hydrogens (tertiary/aromatic N) is 6. The van der Waals surface area contributed by atoms with Crippen LogP contribution < -0.4 is 15.5 Å². The molecule has 35 heavy (non-hydrogen) atoms. The second-order valence-corrected chi connectivity index (χ2v) is 8.56. The van der Waals surface area contributed by atoms with Gasteiger partial charge in [-0.05, 0) is 25.0 Å². The highest BCUT2D eigenvalue weighted by molar-refractivity contribution is 7.59. The zero-order valence-electron chi connectivity index (χ0n) is 19.7. The molecule has 4 heterocycles. The molecule has 1 aliphatic heterocycles. The van der Waals surface area contributed by atoms with Crippen molar-refractivity contribution in [2.45, 2.75) is 46.1 Å². The molecular weight excluding hydrogens is 481 g/mol. The lowest BCUT2D eigenvalue weighted by atomic mass is 9.99. The highest BCUT2D eigenvalue weighted by Gasteiger charge is 2.35. The van der Waals surface area contributed by atoms with Gasteiger partial charge in [0.25, 0.3) is 0 Å². The number of likely N-dealkylation sites (N-methyl/N-ethyl adjacent to an activating group) is 1. The summed E-state index contributed by atoms with van der Waals surface area (Å²) in [5.41, 5.74) is 1.78. The molecule has 0 bridgehead atoms. The number of carbonyl (C=O) groups excluding carboxylic acids is 1. The summed E-state index contributed by atoms with van der Waals surface area (Å²) in [7, 11) is 1.85. The summed E-state index contributed by atoms with van der Waals surface area (Å²) in [5, 5.41) is 10.3. The first-order valence-electron chi connectivity index (χ1n) is 10.7. The SMILES string of the molecule is Cc1nc(NCc2cnn(Cc3ccc(C(F)(F)F)cn3)c2)nc2c1NC(=O)[C@H](C(C)C)N2C.S. The number of amides is 1. The third-order valence-corrected chi connectivity index (χ3v) is 5.58. The topological polar surface area (TPSA) is 101 Å². The van der Waals surface area contributed by atoms with E-state index in [1.165, 1.54) is 6.07 Å². The van der Waals surface area contributed by atoms with E-state index in [1.807, 2.05) is 32.7 Å². The van der Waals surface area contributed by atoms with Crippen LogP contribution in [0.2, 0.25) is 0 Å². The zero-order chi connectivity index (χ0) is 24.6. The van der Waals surface area contributed by atoms with E-state index in [0.717, 1.165) is 17.8 Å². The Kier molecular flexibility index (Phi) is 7.58. The number of halogens is 3. The third kappa shape index (κ3) is 5.66. The minimum absolute atomic E-state index is 0. The van der Waals surface area contributed by atoms with Crippen molar-refractivity contribution >= 4 is 36.9 Å². The largest absolute Gasteiger partial charge is 0.417 e. The van der Waals surface area contributed by atoms with Gasteiger partial charge in [-0.25, -0.2) is 4.98 Å². The van der Waals surface area contributed by atoms with Gasteiger partial charge >= 0.3 is 6.18 Å². The average molecular weight is 509 g/mol. The minimum atomic E-state index is -4.41. The van der Waals surface area contributed by atoms with Gasteiger partial charge in [-0.2, -0.15) is 36.7 Å². The highest BCUT2D eigenvalue weighted by atomic mass is 32.1. The number of rotatable bonds is 6. The van der Waals surface area contributed by atoms with E-state index in [1.54, 1.807) is 17.1 Å². The van der Waals surface area contributed by atoms with Crippen LogP contribution in [0.4, 0.5) is 30.6 Å². The number of hydrogen-bond donors (Lipinski definition) is 2. The number of hydrogen-bond acceptors (Lipinski definition) is 7. The van der Waals surface area contributed by atoms with Gasteiger partial charge in [0, 0.05) is 31.5 Å². The molecule has 1 atom stereocenters. The van der Waals surface area contributed by atoms with E-state index < -0.39 is 11.7 Å². The van der Waals surface area contributed by atoms with E-state index in [0.29, 0.717) is 35.4 Å². The molecule has 0 fully saturated rings. The van der Waals surface area contributed by atoms with Gasteiger partial charge < -0.3 is 15.5 Å². The fraction of sp³-hybridized carbons (Fsp3) is 0.409. The molecule has 4 rings (SSSR count). The Hall–Kier alpha value is -3.35. The van der Waals surface area contributed by atoms with Crippen molar-refractivity contribution in [3.8, 4) is 0 Å². The molecule has 0 radical (unpaired) electrons. The van der Waals surface area contributed by atoms with E-state index in [4.69, 9.17) is 0 Å². The van der Waals surface area contributed by atoms with Crippen LogP contribution >= 0.6 is 13.5 Å². The fourth-order valence-electron chi connectivity index (χ4n) is 3.91. The molecule has 0 aliphatic carbocycles. The summed E-state index contributed by atoms with van der Waals surface area (Å²) in [5.74, 6) is 1.10. The Morgan fingerprint density at radius 2 is 1.94 bits per heavy atom. The van der Waals surface area contributed by atoms with Gasteiger partial charge in [0.05, 0.1) is 29.7 Å². The predicted octanol–water partition coefficient (Wildman–Crippen LogP) is 3.58. The number of anilines is 3. The summed E-state index contributed by atoms with van der Waals surface area (Å²) >= 11 is 0. The van der Waals surface area contributed by atoms with Gasteiger partial charge in [-0.15, -0.1) is 0 Å². The Morgan fingerprint density at radius 3 is 2.57 bits per heavy atom. The van der Waals surface area contributed by atoms with Crippen LogP contribution in [-0.4, -0.2) is 43.7 Å². The van der Waals surface area contributed by atoms with Crippen molar-refractivity contribution in [3.05, 3.63) is 53.2 Å². The molecule has 0 saturated heterocycles. The number of aryl methyl sites for hydroxylation is 1. The Bertz CT molecular complexity index is 1200. The summed E-state index contributed by atoms with van der Waals surface area (Å²) in [6, 6.07) is 2.02. The van der Waals surface area contributed by atoms with Crippen LogP contribution in [0.5, 0.6) is 0 Å². The van der Waals surface area contributed by atoms with Crippen molar-refractivity contribution in [1.29, 1.82) is 0 Å². The van der Waals surface area contributed by atoms with Crippen LogP contribution in [-0.2, 0) is 24.1 Å². The normalized spacial score (nSPS) is 15.5. The standard InChI is InChI=1S/C22H25F3N8O.H2S/c1-12(2)18-20(34)30-17-13(3)29-21(31-19(17)32(18)4)27-7-14-8-28-33(10-14)11-16-6-5-15(9-26-16)22(23,24)25;/h5-6,8-10,12,18H,7,11H2,1-4H3,(H,30,34)(H,27,29,31);1H2/t18-;/m0./s1. The second kappa shape index (κ2) is 10.1. The first-order chi connectivity index (χ1) is 16.0. The van der Waals surface area contributed by atoms with Crippen LogP contribution in [0.1, 0.15) is 36.4 Å². The molecule has 9 nitrogen and oxygen atoms in total. The Morgan fingerprint density at radius 1 is 1.20 bits per heavy atom. The molecule has 2 N–H and O–H groups in total. The minimum Gasteiger partial charge on any atom is -0.350 e. The molecule has 188 valence electrons. The third-order valence-electron chi connectivity index (χ3n) is 5.58. The zero-order valence-corrected chi connectivity index (χ0v) is 20.7. The van der Waals surface area contributed by atoms with Gasteiger partial charge in [0.2, 0.25) is 11.9 Å². The maximum Gasteiger partial charge on any atom is 0.417 e. The van der Waals surface area contributed by atoms with E-state index in [2.05, 4.69) is 30.7 Å². The first kappa shape index (κ1) is 26.3. The van der Waals surface area contributed by atoms with Crippen molar-refractivity contribution in [3.63, 3.8) is 0 Å². The average Bonchev–Trinajstić information content (AvgIpc) is 3.20. The van der Waals surface area contributed by atoms with Crippen LogP contribution in [0.15, 0.2) is 30.7 Å². The lowest BCUT2D eigenvalue weighted by molar-refractivity contribution is -0.137. The molecule has 3 aromatic heterocycles. The molecule has 1 aliphatic rings. The van der Waals surface area contributed by atoms with Gasteiger partial charge in [-0.3, -0.25) is 14.5 Å². The van der Waals surface area contributed by atoms with Crippen molar-refractivity contribution in [2.24, 2.45) is 5.92 Å². The monoisotopic (exact) mass is 508 g/mol. The van der Waals surface area contributed by atoms with E-state index in [9.17, 15) is 18.0 Å². The molecule has 1 amide bonds. The maximum atomic E-state index is 12.7. The molecule has 0 spiro atoms. The van der Waals surface area contributed by atoms with Crippen molar-refractivity contribution in [1.82, 2.24) is 24.7 Å². The van der Waals surface area contributed by atoms with Gasteiger partial charge in [-0.1, -0.05) is 13.8 Å². The van der Waals surface area contributed by atoms with E-state index >= 15 is 0 Å². The molecule has 13 heteroatoms. The summed E-state index contributed by atoms with van der Waals surface area (Å²) < 4.78 is 39.7. The van der Waals surface area contributed by atoms with E-state index in [-0.39, 0.29) is 37.9 Å². The first-order valence-corrected chi connectivity index (χ1v) is 10.7. The molecule has 0 saturated carbocycles. The second-order valence-electron chi connectivity index (χ2n) is 8.56. The van der Waals surface area contributed by atoms with Crippen LogP contribution in [0.25, 0.3) is 0 Å². The lowest BCUT2D eigenvalue weighted by Gasteiger charge is -2.36. The van der Waals surface area contributed by atoms with Crippen LogP contribution in [0, 0.1) is 12.8 Å². The number of pyridine rings is 1. The van der Waals surface area contributed by atoms with Gasteiger partial charge in [0.1, 0.15) is 11.7 Å². The maximum absolute atomic E-state index is 12.7. The molecule has 0 unspecified atom stereocenters. The number of carbonyl (C=O) groups is 1. The quantitative estimate of drug-likeness (QED) is 0.525. The summed E-state index contributed by atoms with van der Waals surface area (Å²) in [6.45, 7) is 6.41. The number of fused-ring (bicyclic) bond motifs is 1. The predicted molar refractivity (Wildman–Crippen MR) is 131 cm³/mol. The number of alkyl halides is 3. The van der Waals surface area contributed by atoms with Gasteiger partial charge in [0.15, 0.2) is 5.82 Å². The highest BCUT2D eigenvalue weighted by Crippen LogP contribution is 2.34. The van der Waals surface area contributed by atoms with Crippen molar-refractivity contribution in [2.75, 3.05) is 22.6 Å². The Balaban J connectivity index is 0.00000342. The summed E-state index contributed by atoms with van der Waals surface area (Å²) in [4.78, 5) is 27.3. The Labute approximate surface area is 207 Å². The smallest absolute Gasteiger partial charge is 0.350 e. The molecule has 3 aromatic rings. The van der Waals surface area contributed by atoms with Crippen molar-refractivity contribution < 1.29 is 18.0 Å². The van der Waals surface area contributed by atoms with Crippen LogP contribution in [0.3, 0.4) is 0 Å².